The Morgan fingerprint density at radius 1 is 0.654 bits per heavy atom. The molecule has 2 saturated heterocycles. The van der Waals surface area contributed by atoms with Gasteiger partial charge in [-0.3, -0.25) is 10.0 Å². The number of hydrazone groups is 2. The zero-order valence-electron chi connectivity index (χ0n) is 16.8. The van der Waals surface area contributed by atoms with Crippen LogP contribution in [0.1, 0.15) is 77.3 Å². The zero-order chi connectivity index (χ0) is 18.5. The predicted octanol–water partition coefficient (Wildman–Crippen LogP) is 4.88. The molecule has 4 heteroatoms. The molecule has 2 heterocycles. The molecule has 1 aromatic rings. The van der Waals surface area contributed by atoms with Gasteiger partial charge in [-0.05, 0) is 77.3 Å². The highest BCUT2D eigenvalue weighted by Gasteiger charge is 2.23. The number of piperidine rings is 2. The fourth-order valence-corrected chi connectivity index (χ4v) is 4.21. The third kappa shape index (κ3) is 4.66. The molecule has 142 valence electrons. The molecule has 0 N–H and O–H groups in total. The van der Waals surface area contributed by atoms with Crippen LogP contribution in [0.2, 0.25) is 0 Å². The van der Waals surface area contributed by atoms with Gasteiger partial charge in [0.2, 0.25) is 0 Å². The predicted molar refractivity (Wildman–Crippen MR) is 111 cm³/mol. The normalized spacial score (nSPS) is 30.5. The molecule has 0 aromatic heterocycles. The van der Waals surface area contributed by atoms with Crippen molar-refractivity contribution in [1.82, 2.24) is 10.0 Å². The minimum absolute atomic E-state index is 0.537. The summed E-state index contributed by atoms with van der Waals surface area (Å²) in [5.74, 6) is 0. The van der Waals surface area contributed by atoms with Crippen molar-refractivity contribution in [3.63, 3.8) is 0 Å². The minimum Gasteiger partial charge on any atom is -0.292 e. The molecule has 0 aliphatic carbocycles. The first-order chi connectivity index (χ1) is 12.5. The van der Waals surface area contributed by atoms with Crippen LogP contribution in [0, 0.1) is 0 Å². The van der Waals surface area contributed by atoms with E-state index in [2.05, 4.69) is 62.0 Å². The van der Waals surface area contributed by atoms with Crippen molar-refractivity contribution in [2.45, 2.75) is 90.4 Å². The number of nitrogens with zero attached hydrogens (tertiary/aromatic N) is 4. The summed E-state index contributed by atoms with van der Waals surface area (Å²) < 4.78 is 0. The molecule has 4 unspecified atom stereocenters. The summed E-state index contributed by atoms with van der Waals surface area (Å²) >= 11 is 0. The Balaban J connectivity index is 1.61. The smallest absolute Gasteiger partial charge is 0.0543 e. The molecule has 2 aliphatic heterocycles. The topological polar surface area (TPSA) is 31.2 Å². The first-order valence-corrected chi connectivity index (χ1v) is 10.3. The molecule has 2 aliphatic rings. The van der Waals surface area contributed by atoms with Crippen LogP contribution in [0.5, 0.6) is 0 Å². The Labute approximate surface area is 159 Å². The van der Waals surface area contributed by atoms with Crippen LogP contribution < -0.4 is 0 Å². The minimum atomic E-state index is 0.537. The van der Waals surface area contributed by atoms with Crippen molar-refractivity contribution in [2.24, 2.45) is 10.2 Å². The molecular formula is C22H34N4. The first-order valence-electron chi connectivity index (χ1n) is 10.3. The summed E-state index contributed by atoms with van der Waals surface area (Å²) in [6, 6.07) is 10.7. The summed E-state index contributed by atoms with van der Waals surface area (Å²) in [4.78, 5) is 0. The molecule has 0 radical (unpaired) electrons. The SMILES string of the molecule is CC1CCCC(C)N1N=Cc1ccc(C=NN2C(C)CCCC2C)cc1. The van der Waals surface area contributed by atoms with E-state index in [4.69, 9.17) is 10.2 Å². The molecule has 4 nitrogen and oxygen atoms in total. The number of rotatable bonds is 4. The van der Waals surface area contributed by atoms with Crippen molar-refractivity contribution >= 4 is 12.4 Å². The van der Waals surface area contributed by atoms with Gasteiger partial charge in [-0.2, -0.15) is 10.2 Å². The van der Waals surface area contributed by atoms with Crippen LogP contribution in [-0.2, 0) is 0 Å². The maximum atomic E-state index is 4.75. The standard InChI is InChI=1S/C22H34N4/c1-17-7-5-8-18(2)25(17)23-15-21-11-13-22(14-12-21)16-24-26-19(3)9-6-10-20(26)4/h11-20H,5-10H2,1-4H3. The second-order valence-corrected chi connectivity index (χ2v) is 8.17. The van der Waals surface area contributed by atoms with E-state index in [1.807, 2.05) is 12.4 Å². The van der Waals surface area contributed by atoms with Gasteiger partial charge in [0.1, 0.15) is 0 Å². The van der Waals surface area contributed by atoms with Crippen LogP contribution >= 0.6 is 0 Å². The maximum absolute atomic E-state index is 4.75. The molecule has 0 amide bonds. The molecule has 26 heavy (non-hydrogen) atoms. The van der Waals surface area contributed by atoms with Gasteiger partial charge in [-0.1, -0.05) is 24.3 Å². The van der Waals surface area contributed by atoms with E-state index in [0.717, 1.165) is 11.1 Å². The van der Waals surface area contributed by atoms with Crippen molar-refractivity contribution in [2.75, 3.05) is 0 Å². The average Bonchev–Trinajstić information content (AvgIpc) is 2.62. The van der Waals surface area contributed by atoms with E-state index in [9.17, 15) is 0 Å². The lowest BCUT2D eigenvalue weighted by Gasteiger charge is -2.36. The van der Waals surface area contributed by atoms with E-state index in [0.29, 0.717) is 24.2 Å². The highest BCUT2D eigenvalue weighted by atomic mass is 15.5. The summed E-state index contributed by atoms with van der Waals surface area (Å²) in [5, 5.41) is 14.0. The summed E-state index contributed by atoms with van der Waals surface area (Å²) in [6.07, 6.45) is 11.6. The molecule has 0 spiro atoms. The van der Waals surface area contributed by atoms with Gasteiger partial charge >= 0.3 is 0 Å². The van der Waals surface area contributed by atoms with Crippen LogP contribution in [0.3, 0.4) is 0 Å². The number of hydrogen-bond donors (Lipinski definition) is 0. The van der Waals surface area contributed by atoms with Crippen LogP contribution in [0.25, 0.3) is 0 Å². The van der Waals surface area contributed by atoms with Crippen molar-refractivity contribution in [3.05, 3.63) is 35.4 Å². The Morgan fingerprint density at radius 2 is 0.962 bits per heavy atom. The quantitative estimate of drug-likeness (QED) is 0.722. The van der Waals surface area contributed by atoms with E-state index in [1.54, 1.807) is 0 Å². The Bertz CT molecular complexity index is 547. The van der Waals surface area contributed by atoms with Crippen LogP contribution in [-0.4, -0.2) is 46.6 Å². The van der Waals surface area contributed by atoms with E-state index < -0.39 is 0 Å². The first kappa shape index (κ1) is 18.9. The highest BCUT2D eigenvalue weighted by Crippen LogP contribution is 2.23. The third-order valence-corrected chi connectivity index (χ3v) is 5.91. The van der Waals surface area contributed by atoms with Crippen molar-refractivity contribution in [3.8, 4) is 0 Å². The molecular weight excluding hydrogens is 320 g/mol. The molecule has 0 saturated carbocycles. The Morgan fingerprint density at radius 3 is 1.27 bits per heavy atom. The van der Waals surface area contributed by atoms with Crippen molar-refractivity contribution in [1.29, 1.82) is 0 Å². The largest absolute Gasteiger partial charge is 0.292 e. The average molecular weight is 355 g/mol. The van der Waals surface area contributed by atoms with Gasteiger partial charge in [-0.25, -0.2) is 0 Å². The zero-order valence-corrected chi connectivity index (χ0v) is 16.8. The van der Waals surface area contributed by atoms with Crippen LogP contribution in [0.15, 0.2) is 34.5 Å². The fraction of sp³-hybridized carbons (Fsp3) is 0.636. The molecule has 1 aromatic carbocycles. The summed E-state index contributed by atoms with van der Waals surface area (Å²) in [7, 11) is 0. The molecule has 0 bridgehead atoms. The lowest BCUT2D eigenvalue weighted by atomic mass is 10.00. The van der Waals surface area contributed by atoms with Gasteiger partial charge in [-0.15, -0.1) is 0 Å². The molecule has 2 fully saturated rings. The van der Waals surface area contributed by atoms with Gasteiger partial charge in [0, 0.05) is 24.2 Å². The lowest BCUT2D eigenvalue weighted by molar-refractivity contribution is 0.109. The van der Waals surface area contributed by atoms with E-state index in [1.165, 1.54) is 38.5 Å². The van der Waals surface area contributed by atoms with Gasteiger partial charge in [0.05, 0.1) is 12.4 Å². The summed E-state index contributed by atoms with van der Waals surface area (Å²) in [6.45, 7) is 9.09. The molecule has 3 rings (SSSR count). The fourth-order valence-electron chi connectivity index (χ4n) is 4.21. The van der Waals surface area contributed by atoms with Crippen molar-refractivity contribution < 1.29 is 0 Å². The third-order valence-electron chi connectivity index (χ3n) is 5.91. The van der Waals surface area contributed by atoms with Gasteiger partial charge < -0.3 is 0 Å². The highest BCUT2D eigenvalue weighted by molar-refractivity contribution is 5.83. The van der Waals surface area contributed by atoms with E-state index in [-0.39, 0.29) is 0 Å². The summed E-state index contributed by atoms with van der Waals surface area (Å²) in [5.41, 5.74) is 2.29. The Kier molecular flexibility index (Phi) is 6.33. The van der Waals surface area contributed by atoms with Crippen LogP contribution in [0.4, 0.5) is 0 Å². The molecule has 4 atom stereocenters. The monoisotopic (exact) mass is 354 g/mol. The number of hydrogen-bond acceptors (Lipinski definition) is 4. The van der Waals surface area contributed by atoms with Gasteiger partial charge in [0.25, 0.3) is 0 Å². The van der Waals surface area contributed by atoms with Gasteiger partial charge in [0.15, 0.2) is 0 Å². The second kappa shape index (κ2) is 8.70. The second-order valence-electron chi connectivity index (χ2n) is 8.17. The number of benzene rings is 1. The Hall–Kier alpha value is -1.84. The van der Waals surface area contributed by atoms with E-state index >= 15 is 0 Å². The maximum Gasteiger partial charge on any atom is 0.0543 e. The lowest BCUT2D eigenvalue weighted by Crippen LogP contribution is -2.39.